The molecule has 2 heterocycles. The number of likely N-dealkylation sites (tertiary alicyclic amines) is 1. The summed E-state index contributed by atoms with van der Waals surface area (Å²) >= 11 is 0. The van der Waals surface area contributed by atoms with Gasteiger partial charge in [0.05, 0.1) is 31.7 Å². The Labute approximate surface area is 206 Å². The van der Waals surface area contributed by atoms with Crippen LogP contribution in [0.25, 0.3) is 11.1 Å². The van der Waals surface area contributed by atoms with E-state index in [9.17, 15) is 4.79 Å². The lowest BCUT2D eigenvalue weighted by Gasteiger charge is -2.39. The van der Waals surface area contributed by atoms with Crippen molar-refractivity contribution >= 4 is 17.3 Å². The number of hydrogen-bond acceptors (Lipinski definition) is 5. The smallest absolute Gasteiger partial charge is 0.221 e. The predicted molar refractivity (Wildman–Crippen MR) is 140 cm³/mol. The molecule has 0 radical (unpaired) electrons. The Kier molecular flexibility index (Phi) is 6.31. The highest BCUT2D eigenvalue weighted by Crippen LogP contribution is 2.42. The Hall–Kier alpha value is -3.64. The van der Waals surface area contributed by atoms with E-state index in [1.165, 1.54) is 23.6 Å². The highest BCUT2D eigenvalue weighted by Gasteiger charge is 2.36. The number of carbonyl (C=O) groups excluding carboxylic acids is 1. The van der Waals surface area contributed by atoms with E-state index >= 15 is 0 Å². The van der Waals surface area contributed by atoms with Crippen LogP contribution in [0.5, 0.6) is 11.5 Å². The van der Waals surface area contributed by atoms with E-state index in [4.69, 9.17) is 14.5 Å². The number of rotatable bonds is 4. The maximum absolute atomic E-state index is 11.7. The largest absolute Gasteiger partial charge is 0.493 e. The maximum atomic E-state index is 11.7. The van der Waals surface area contributed by atoms with Gasteiger partial charge in [0.1, 0.15) is 0 Å². The number of fused-ring (bicyclic) bond motifs is 4. The number of piperidine rings is 1. The molecule has 35 heavy (non-hydrogen) atoms. The molecular weight excluding hydrogens is 438 g/mol. The number of nitrogens with zero attached hydrogens (tertiary/aromatic N) is 2. The van der Waals surface area contributed by atoms with Crippen LogP contribution in [-0.2, 0) is 4.79 Å². The highest BCUT2D eigenvalue weighted by atomic mass is 16.5. The standard InChI is InChI=1S/C23H27N3O3.C6H4/c1-14(27)24-19-8-6-5-7-15(19)23-17-12-22(29-4)21(28-3)11-16(17)18-13-26(2)10-9-20(18)25-23;1-2-6-4-3-5(1)6/h5-8,11-12,18,20H,9-10,13H2,1-4H3,(H,24,27);1-4H. The number of aliphatic imine (C=N–C) groups is 1. The molecule has 2 aliphatic heterocycles. The number of carbonyl (C=O) groups is 1. The first kappa shape index (κ1) is 23.1. The third kappa shape index (κ3) is 4.42. The van der Waals surface area contributed by atoms with Gasteiger partial charge in [0.2, 0.25) is 5.91 Å². The number of amides is 1. The Bertz CT molecular complexity index is 1260. The summed E-state index contributed by atoms with van der Waals surface area (Å²) in [5.41, 5.74) is 7.71. The summed E-state index contributed by atoms with van der Waals surface area (Å²) in [5.74, 6) is 1.62. The van der Waals surface area contributed by atoms with Gasteiger partial charge in [-0.15, -0.1) is 0 Å². The van der Waals surface area contributed by atoms with Crippen molar-refractivity contribution in [2.75, 3.05) is 39.7 Å². The summed E-state index contributed by atoms with van der Waals surface area (Å²) in [6.07, 6.45) is 1.00. The van der Waals surface area contributed by atoms with Gasteiger partial charge in [0.25, 0.3) is 0 Å². The molecule has 2 atom stereocenters. The second-order valence-corrected chi connectivity index (χ2v) is 9.30. The number of anilines is 1. The van der Waals surface area contributed by atoms with E-state index in [-0.39, 0.29) is 11.9 Å². The topological polar surface area (TPSA) is 63.2 Å². The van der Waals surface area contributed by atoms with Crippen LogP contribution in [0.2, 0.25) is 0 Å². The summed E-state index contributed by atoms with van der Waals surface area (Å²) in [6, 6.07) is 20.6. The molecule has 1 N–H and O–H groups in total. The fourth-order valence-corrected chi connectivity index (χ4v) is 5.07. The van der Waals surface area contributed by atoms with Crippen molar-refractivity contribution < 1.29 is 14.3 Å². The van der Waals surface area contributed by atoms with Gasteiger partial charge in [-0.2, -0.15) is 0 Å². The third-order valence-corrected chi connectivity index (χ3v) is 7.00. The number of nitrogens with one attached hydrogen (secondary N) is 1. The minimum absolute atomic E-state index is 0.0986. The van der Waals surface area contributed by atoms with Gasteiger partial charge in [0.15, 0.2) is 11.5 Å². The third-order valence-electron chi connectivity index (χ3n) is 7.00. The molecule has 2 aromatic rings. The van der Waals surface area contributed by atoms with Gasteiger partial charge in [-0.3, -0.25) is 9.79 Å². The zero-order valence-corrected chi connectivity index (χ0v) is 20.7. The summed E-state index contributed by atoms with van der Waals surface area (Å²) < 4.78 is 11.2. The van der Waals surface area contributed by atoms with Gasteiger partial charge in [-0.05, 0) is 54.9 Å². The van der Waals surface area contributed by atoms with Crippen molar-refractivity contribution in [2.24, 2.45) is 4.99 Å². The number of para-hydroxylation sites is 1. The minimum Gasteiger partial charge on any atom is -0.493 e. The highest BCUT2D eigenvalue weighted by molar-refractivity contribution is 6.18. The zero-order valence-electron chi connectivity index (χ0n) is 20.7. The summed E-state index contributed by atoms with van der Waals surface area (Å²) in [5, 5.41) is 2.95. The van der Waals surface area contributed by atoms with Gasteiger partial charge >= 0.3 is 0 Å². The van der Waals surface area contributed by atoms with Crippen LogP contribution in [0.3, 0.4) is 0 Å². The monoisotopic (exact) mass is 469 g/mol. The summed E-state index contributed by atoms with van der Waals surface area (Å²) in [6.45, 7) is 3.50. The van der Waals surface area contributed by atoms with Gasteiger partial charge in [0, 0.05) is 30.5 Å². The van der Waals surface area contributed by atoms with Crippen molar-refractivity contribution in [1.82, 2.24) is 4.90 Å². The Balaban J connectivity index is 0.000000362. The average molecular weight is 470 g/mol. The van der Waals surface area contributed by atoms with Gasteiger partial charge in [-0.25, -0.2) is 0 Å². The first-order valence-electron chi connectivity index (χ1n) is 12.0. The predicted octanol–water partition coefficient (Wildman–Crippen LogP) is 4.97. The first-order chi connectivity index (χ1) is 17.0. The van der Waals surface area contributed by atoms with Gasteiger partial charge in [-0.1, -0.05) is 42.5 Å². The van der Waals surface area contributed by atoms with Gasteiger partial charge < -0.3 is 19.7 Å². The fourth-order valence-electron chi connectivity index (χ4n) is 5.07. The first-order valence-corrected chi connectivity index (χ1v) is 12.0. The molecule has 0 saturated carbocycles. The van der Waals surface area contributed by atoms with Crippen LogP contribution in [0.4, 0.5) is 5.69 Å². The van der Waals surface area contributed by atoms with E-state index in [1.807, 2.05) is 30.3 Å². The van der Waals surface area contributed by atoms with Crippen LogP contribution in [0.1, 0.15) is 36.0 Å². The number of hydrogen-bond donors (Lipinski definition) is 1. The van der Waals surface area contributed by atoms with Crippen molar-refractivity contribution in [3.63, 3.8) is 0 Å². The Morgan fingerprint density at radius 3 is 2.23 bits per heavy atom. The molecule has 6 heteroatoms. The van der Waals surface area contributed by atoms with E-state index in [2.05, 4.69) is 47.6 Å². The summed E-state index contributed by atoms with van der Waals surface area (Å²) in [4.78, 5) is 19.3. The van der Waals surface area contributed by atoms with Crippen LogP contribution in [0.15, 0.2) is 65.7 Å². The molecular formula is C29H31N3O3. The van der Waals surface area contributed by atoms with E-state index < -0.39 is 0 Å². The van der Waals surface area contributed by atoms with E-state index in [0.717, 1.165) is 47.8 Å². The molecule has 6 rings (SSSR count). The van der Waals surface area contributed by atoms with Crippen LogP contribution in [-0.4, -0.2) is 56.9 Å². The normalized spacial score (nSPS) is 19.3. The molecule has 0 spiro atoms. The number of benzene rings is 3. The molecule has 180 valence electrons. The van der Waals surface area contributed by atoms with E-state index in [1.54, 1.807) is 14.2 Å². The minimum atomic E-state index is -0.0986. The number of ether oxygens (including phenoxy) is 2. The molecule has 2 aromatic carbocycles. The molecule has 0 bridgehead atoms. The molecule has 2 aliphatic carbocycles. The van der Waals surface area contributed by atoms with E-state index in [0.29, 0.717) is 11.7 Å². The van der Waals surface area contributed by atoms with Crippen molar-refractivity contribution in [3.05, 3.63) is 77.4 Å². The van der Waals surface area contributed by atoms with Crippen molar-refractivity contribution in [1.29, 1.82) is 0 Å². The lowest BCUT2D eigenvalue weighted by molar-refractivity contribution is -0.114. The molecule has 6 nitrogen and oxygen atoms in total. The Morgan fingerprint density at radius 2 is 1.63 bits per heavy atom. The molecule has 1 fully saturated rings. The summed E-state index contributed by atoms with van der Waals surface area (Å²) in [7, 11) is 5.47. The zero-order chi connectivity index (χ0) is 24.5. The maximum Gasteiger partial charge on any atom is 0.221 e. The second kappa shape index (κ2) is 9.55. The molecule has 0 aromatic heterocycles. The van der Waals surface area contributed by atoms with Crippen LogP contribution < -0.4 is 14.8 Å². The lowest BCUT2D eigenvalue weighted by atomic mass is 9.78. The van der Waals surface area contributed by atoms with Crippen LogP contribution >= 0.6 is 0 Å². The molecule has 1 saturated heterocycles. The molecule has 2 unspecified atom stereocenters. The average Bonchev–Trinajstić information content (AvgIpc) is 2.85. The number of likely N-dealkylation sites (N-methyl/N-ethyl adjacent to an activating group) is 1. The van der Waals surface area contributed by atoms with Crippen molar-refractivity contribution in [2.45, 2.75) is 25.3 Å². The molecule has 1 amide bonds. The van der Waals surface area contributed by atoms with Crippen molar-refractivity contribution in [3.8, 4) is 22.6 Å². The fraction of sp³-hybridized carbons (Fsp3) is 0.310. The molecule has 4 aliphatic rings. The lowest BCUT2D eigenvalue weighted by Crippen LogP contribution is -2.42. The Morgan fingerprint density at radius 1 is 0.971 bits per heavy atom. The SMILES string of the molecule is COc1cc2c(cc1OC)C1CN(C)CCC1N=C2c1ccccc1NC(C)=O.c1cc2ccc1-2. The second-order valence-electron chi connectivity index (χ2n) is 9.30. The quantitative estimate of drug-likeness (QED) is 0.459. The number of methoxy groups -OCH3 is 2. The van der Waals surface area contributed by atoms with Crippen LogP contribution in [0, 0.1) is 0 Å².